The van der Waals surface area contributed by atoms with Crippen molar-refractivity contribution in [2.45, 2.75) is 37.6 Å². The number of rotatable bonds is 6. The van der Waals surface area contributed by atoms with Gasteiger partial charge in [0.15, 0.2) is 0 Å². The molecule has 9 heteroatoms. The summed E-state index contributed by atoms with van der Waals surface area (Å²) in [5.74, 6) is 1.85. The lowest BCUT2D eigenvalue weighted by atomic mass is 10.1. The van der Waals surface area contributed by atoms with Crippen molar-refractivity contribution < 1.29 is 13.2 Å². The highest BCUT2D eigenvalue weighted by Gasteiger charge is 2.38. The molecule has 1 aliphatic heterocycles. The first kappa shape index (κ1) is 21.2. The van der Waals surface area contributed by atoms with Gasteiger partial charge < -0.3 is 10.1 Å². The summed E-state index contributed by atoms with van der Waals surface area (Å²) in [7, 11) is -2.11. The van der Waals surface area contributed by atoms with Crippen LogP contribution in [-0.2, 0) is 10.0 Å². The molecule has 8 nitrogen and oxygen atoms in total. The highest BCUT2D eigenvalue weighted by atomic mass is 32.2. The maximum absolute atomic E-state index is 13.6. The van der Waals surface area contributed by atoms with Crippen molar-refractivity contribution >= 4 is 21.7 Å². The number of ether oxygens (including phenoxy) is 1. The third-order valence-corrected chi connectivity index (χ3v) is 7.46. The van der Waals surface area contributed by atoms with Crippen LogP contribution in [0.25, 0.3) is 0 Å². The van der Waals surface area contributed by atoms with Gasteiger partial charge in [0.2, 0.25) is 10.0 Å². The molecule has 0 bridgehead atoms. The molecule has 1 aromatic carbocycles. The molecule has 0 radical (unpaired) electrons. The number of hydrogen-bond donors (Lipinski definition) is 1. The van der Waals surface area contributed by atoms with Gasteiger partial charge in [-0.15, -0.1) is 0 Å². The Bertz CT molecular complexity index is 1190. The summed E-state index contributed by atoms with van der Waals surface area (Å²) in [5.41, 5.74) is 2.16. The van der Waals surface area contributed by atoms with E-state index >= 15 is 0 Å². The van der Waals surface area contributed by atoms with Gasteiger partial charge in [0, 0.05) is 18.9 Å². The van der Waals surface area contributed by atoms with Gasteiger partial charge in [-0.3, -0.25) is 4.98 Å². The number of nitrogens with one attached hydrogen (secondary N) is 1. The summed E-state index contributed by atoms with van der Waals surface area (Å²) < 4.78 is 34.1. The molecule has 1 atom stereocenters. The molecule has 1 saturated heterocycles. The number of hydrogen-bond acceptors (Lipinski definition) is 7. The number of aryl methyl sites for hydroxylation is 2. The highest BCUT2D eigenvalue weighted by Crippen LogP contribution is 2.38. The standard InChI is InChI=1S/C22H25N5O3S/c1-15-13-20(16(2)12-19(15)30-3)31(28,29)27-11-5-7-18(27)17-6-4-8-21(25-17)26-22-14-23-9-10-24-22/h4,6,8-10,12-14,18H,5,7,11H2,1-3H3,(H,24,25,26). The number of methoxy groups -OCH3 is 1. The molecule has 0 aliphatic carbocycles. The number of anilines is 2. The normalized spacial score (nSPS) is 16.9. The lowest BCUT2D eigenvalue weighted by molar-refractivity contribution is 0.389. The summed E-state index contributed by atoms with van der Waals surface area (Å²) >= 11 is 0. The van der Waals surface area contributed by atoms with Crippen LogP contribution in [0, 0.1) is 13.8 Å². The van der Waals surface area contributed by atoms with Gasteiger partial charge in [-0.25, -0.2) is 18.4 Å². The van der Waals surface area contributed by atoms with E-state index in [1.807, 2.05) is 25.1 Å². The summed E-state index contributed by atoms with van der Waals surface area (Å²) in [4.78, 5) is 13.2. The molecule has 0 amide bonds. The lowest BCUT2D eigenvalue weighted by Crippen LogP contribution is -2.31. The van der Waals surface area contributed by atoms with Gasteiger partial charge in [0.25, 0.3) is 0 Å². The Labute approximate surface area is 182 Å². The highest BCUT2D eigenvalue weighted by molar-refractivity contribution is 7.89. The largest absolute Gasteiger partial charge is 0.496 e. The van der Waals surface area contributed by atoms with Crippen LogP contribution in [-0.4, -0.2) is 41.3 Å². The van der Waals surface area contributed by atoms with Crippen LogP contribution < -0.4 is 10.1 Å². The second-order valence-corrected chi connectivity index (χ2v) is 9.38. The molecular weight excluding hydrogens is 414 g/mol. The predicted octanol–water partition coefficient (Wildman–Crippen LogP) is 3.77. The monoisotopic (exact) mass is 439 g/mol. The van der Waals surface area contributed by atoms with Crippen molar-refractivity contribution in [3.63, 3.8) is 0 Å². The van der Waals surface area contributed by atoms with Gasteiger partial charge in [-0.1, -0.05) is 6.07 Å². The van der Waals surface area contributed by atoms with Gasteiger partial charge in [-0.05, 0) is 62.1 Å². The molecular formula is C22H25N5O3S. The van der Waals surface area contributed by atoms with Crippen molar-refractivity contribution in [1.29, 1.82) is 0 Å². The van der Waals surface area contributed by atoms with Crippen molar-refractivity contribution in [1.82, 2.24) is 19.3 Å². The summed E-state index contributed by atoms with van der Waals surface area (Å²) in [6.45, 7) is 4.10. The van der Waals surface area contributed by atoms with Crippen LogP contribution in [0.15, 0.2) is 53.8 Å². The first-order valence-corrected chi connectivity index (χ1v) is 11.5. The Morgan fingerprint density at radius 2 is 1.97 bits per heavy atom. The molecule has 4 rings (SSSR count). The number of benzene rings is 1. The fraction of sp³-hybridized carbons (Fsp3) is 0.318. The Morgan fingerprint density at radius 1 is 1.13 bits per heavy atom. The van der Waals surface area contributed by atoms with E-state index in [2.05, 4.69) is 20.3 Å². The third kappa shape index (κ3) is 4.24. The van der Waals surface area contributed by atoms with E-state index in [9.17, 15) is 8.42 Å². The molecule has 2 aromatic heterocycles. The molecule has 3 aromatic rings. The molecule has 0 spiro atoms. The molecule has 162 valence electrons. The minimum atomic E-state index is -3.69. The zero-order valence-corrected chi connectivity index (χ0v) is 18.6. The minimum absolute atomic E-state index is 0.312. The second-order valence-electron chi connectivity index (χ2n) is 7.52. The number of nitrogens with zero attached hydrogens (tertiary/aromatic N) is 4. The maximum Gasteiger partial charge on any atom is 0.243 e. The molecule has 1 fully saturated rings. The summed E-state index contributed by atoms with van der Waals surface area (Å²) in [5, 5.41) is 3.12. The second kappa shape index (κ2) is 8.60. The SMILES string of the molecule is COc1cc(C)c(S(=O)(=O)N2CCCC2c2cccc(Nc3cnccn3)n2)cc1C. The van der Waals surface area contributed by atoms with Gasteiger partial charge in [0.05, 0.1) is 29.9 Å². The quantitative estimate of drug-likeness (QED) is 0.624. The summed E-state index contributed by atoms with van der Waals surface area (Å²) in [6, 6.07) is 8.70. The average Bonchev–Trinajstić information content (AvgIpc) is 3.27. The van der Waals surface area contributed by atoms with Crippen molar-refractivity contribution in [3.05, 3.63) is 65.7 Å². The Hall–Kier alpha value is -3.04. The molecule has 0 saturated carbocycles. The first-order valence-electron chi connectivity index (χ1n) is 10.1. The van der Waals surface area contributed by atoms with Gasteiger partial charge in [-0.2, -0.15) is 4.31 Å². The van der Waals surface area contributed by atoms with Crippen LogP contribution in [0.2, 0.25) is 0 Å². The number of sulfonamides is 1. The van der Waals surface area contributed by atoms with E-state index in [4.69, 9.17) is 4.74 Å². The smallest absolute Gasteiger partial charge is 0.243 e. The van der Waals surface area contributed by atoms with Gasteiger partial charge >= 0.3 is 0 Å². The van der Waals surface area contributed by atoms with Crippen LogP contribution in [0.5, 0.6) is 5.75 Å². The Kier molecular flexibility index (Phi) is 5.88. The zero-order valence-electron chi connectivity index (χ0n) is 17.7. The fourth-order valence-electron chi connectivity index (χ4n) is 3.91. The van der Waals surface area contributed by atoms with E-state index in [1.54, 1.807) is 49.1 Å². The molecule has 1 N–H and O–H groups in total. The van der Waals surface area contributed by atoms with Crippen LogP contribution in [0.4, 0.5) is 11.6 Å². The van der Waals surface area contributed by atoms with E-state index < -0.39 is 10.0 Å². The average molecular weight is 440 g/mol. The van der Waals surface area contributed by atoms with E-state index in [0.717, 1.165) is 18.4 Å². The van der Waals surface area contributed by atoms with E-state index in [1.165, 1.54) is 0 Å². The van der Waals surface area contributed by atoms with Crippen molar-refractivity contribution in [2.24, 2.45) is 0 Å². The lowest BCUT2D eigenvalue weighted by Gasteiger charge is -2.25. The number of pyridine rings is 1. The van der Waals surface area contributed by atoms with Crippen molar-refractivity contribution in [2.75, 3.05) is 19.0 Å². The third-order valence-electron chi connectivity index (χ3n) is 5.41. The molecule has 31 heavy (non-hydrogen) atoms. The summed E-state index contributed by atoms with van der Waals surface area (Å²) in [6.07, 6.45) is 6.29. The van der Waals surface area contributed by atoms with Crippen molar-refractivity contribution in [3.8, 4) is 5.75 Å². The topological polar surface area (TPSA) is 97.3 Å². The van der Waals surface area contributed by atoms with E-state index in [0.29, 0.717) is 40.1 Å². The molecule has 3 heterocycles. The van der Waals surface area contributed by atoms with E-state index in [-0.39, 0.29) is 6.04 Å². The van der Waals surface area contributed by atoms with Crippen LogP contribution in [0.3, 0.4) is 0 Å². The maximum atomic E-state index is 13.6. The zero-order chi connectivity index (χ0) is 22.0. The fourth-order valence-corrected chi connectivity index (χ4v) is 5.87. The predicted molar refractivity (Wildman–Crippen MR) is 118 cm³/mol. The Morgan fingerprint density at radius 3 is 2.71 bits per heavy atom. The van der Waals surface area contributed by atoms with Gasteiger partial charge in [0.1, 0.15) is 17.4 Å². The first-order chi connectivity index (χ1) is 14.9. The van der Waals surface area contributed by atoms with Crippen LogP contribution in [0.1, 0.15) is 35.7 Å². The molecule has 1 aliphatic rings. The molecule has 1 unspecified atom stereocenters. The Balaban J connectivity index is 1.65. The minimum Gasteiger partial charge on any atom is -0.496 e. The van der Waals surface area contributed by atoms with Crippen LogP contribution >= 0.6 is 0 Å². The number of aromatic nitrogens is 3.